The molecule has 12 heteroatoms. The Labute approximate surface area is 159 Å². The molecule has 144 valence electrons. The van der Waals surface area contributed by atoms with Crippen molar-refractivity contribution in [1.29, 1.82) is 0 Å². The molecule has 3 aromatic rings. The van der Waals surface area contributed by atoms with Crippen molar-refractivity contribution in [2.45, 2.75) is 26.1 Å². The highest BCUT2D eigenvalue weighted by Crippen LogP contribution is 2.31. The minimum absolute atomic E-state index is 0.00372. The molecule has 0 aromatic carbocycles. The standard InChI is InChI=1S/C15H13ClF3N5O2S/c1-7-9(4-12(25)20-2)24-13(26)3-8(21-14(24)27-7)6-23-10(15(17,18)19)5-11(16)22-23/h3,5H,4,6H2,1-2H3,(H,20,25). The number of rotatable bonds is 4. The van der Waals surface area contributed by atoms with E-state index in [1.807, 2.05) is 0 Å². The molecule has 0 atom stereocenters. The molecule has 3 aromatic heterocycles. The summed E-state index contributed by atoms with van der Waals surface area (Å²) in [4.78, 5) is 29.4. The number of aromatic nitrogens is 4. The van der Waals surface area contributed by atoms with E-state index in [-0.39, 0.29) is 29.7 Å². The minimum Gasteiger partial charge on any atom is -0.359 e. The van der Waals surface area contributed by atoms with Crippen molar-refractivity contribution in [2.24, 2.45) is 0 Å². The Kier molecular flexibility index (Phi) is 5.00. The summed E-state index contributed by atoms with van der Waals surface area (Å²) in [5, 5.41) is 5.79. The van der Waals surface area contributed by atoms with Crippen molar-refractivity contribution in [2.75, 3.05) is 7.05 Å². The van der Waals surface area contributed by atoms with Gasteiger partial charge in [-0.3, -0.25) is 18.7 Å². The Morgan fingerprint density at radius 3 is 2.70 bits per heavy atom. The second-order valence-electron chi connectivity index (χ2n) is 5.67. The number of hydrogen-bond donors (Lipinski definition) is 1. The van der Waals surface area contributed by atoms with Crippen LogP contribution in [-0.4, -0.2) is 32.1 Å². The maximum atomic E-state index is 13.1. The fourth-order valence-electron chi connectivity index (χ4n) is 2.59. The topological polar surface area (TPSA) is 81.3 Å². The molecule has 0 radical (unpaired) electrons. The molecule has 0 saturated carbocycles. The number of thiazole rings is 1. The van der Waals surface area contributed by atoms with E-state index >= 15 is 0 Å². The second kappa shape index (κ2) is 6.97. The number of alkyl halides is 3. The van der Waals surface area contributed by atoms with Gasteiger partial charge in [0.05, 0.1) is 24.4 Å². The van der Waals surface area contributed by atoms with Gasteiger partial charge in [0, 0.05) is 24.1 Å². The number of hydrogen-bond acceptors (Lipinski definition) is 5. The first-order valence-electron chi connectivity index (χ1n) is 7.62. The Hall–Kier alpha value is -2.40. The highest BCUT2D eigenvalue weighted by Gasteiger charge is 2.35. The van der Waals surface area contributed by atoms with Crippen molar-refractivity contribution in [3.8, 4) is 0 Å². The summed E-state index contributed by atoms with van der Waals surface area (Å²) in [6.45, 7) is 1.38. The van der Waals surface area contributed by atoms with Crippen LogP contribution in [0.2, 0.25) is 5.15 Å². The summed E-state index contributed by atoms with van der Waals surface area (Å²) < 4.78 is 41.1. The summed E-state index contributed by atoms with van der Waals surface area (Å²) in [5.41, 5.74) is -0.906. The van der Waals surface area contributed by atoms with E-state index in [0.29, 0.717) is 21.4 Å². The van der Waals surface area contributed by atoms with Crippen LogP contribution < -0.4 is 10.9 Å². The molecule has 3 heterocycles. The van der Waals surface area contributed by atoms with Gasteiger partial charge in [0.1, 0.15) is 5.69 Å². The Balaban J connectivity index is 2.04. The van der Waals surface area contributed by atoms with Crippen molar-refractivity contribution < 1.29 is 18.0 Å². The lowest BCUT2D eigenvalue weighted by Gasteiger charge is -2.10. The first-order chi connectivity index (χ1) is 12.6. The highest BCUT2D eigenvalue weighted by molar-refractivity contribution is 7.17. The largest absolute Gasteiger partial charge is 0.433 e. The van der Waals surface area contributed by atoms with Crippen LogP contribution in [0.5, 0.6) is 0 Å². The quantitative estimate of drug-likeness (QED) is 0.703. The molecular weight excluding hydrogens is 407 g/mol. The lowest BCUT2D eigenvalue weighted by molar-refractivity contribution is -0.144. The maximum Gasteiger partial charge on any atom is 0.433 e. The molecule has 1 amide bonds. The number of nitrogens with one attached hydrogen (secondary N) is 1. The van der Waals surface area contributed by atoms with Gasteiger partial charge in [0.15, 0.2) is 10.1 Å². The van der Waals surface area contributed by atoms with Crippen LogP contribution in [0, 0.1) is 6.92 Å². The van der Waals surface area contributed by atoms with E-state index in [1.165, 1.54) is 22.8 Å². The van der Waals surface area contributed by atoms with Crippen LogP contribution in [0.3, 0.4) is 0 Å². The zero-order valence-corrected chi connectivity index (χ0v) is 15.7. The van der Waals surface area contributed by atoms with E-state index < -0.39 is 17.4 Å². The number of carbonyl (C=O) groups is 1. The van der Waals surface area contributed by atoms with Gasteiger partial charge >= 0.3 is 6.18 Å². The van der Waals surface area contributed by atoms with Gasteiger partial charge in [-0.05, 0) is 6.92 Å². The molecule has 0 saturated heterocycles. The third-order valence-corrected chi connectivity index (χ3v) is 5.00. The van der Waals surface area contributed by atoms with E-state index in [4.69, 9.17) is 11.6 Å². The first-order valence-corrected chi connectivity index (χ1v) is 8.81. The average molecular weight is 420 g/mol. The fraction of sp³-hybridized carbons (Fsp3) is 0.333. The molecule has 0 aliphatic rings. The van der Waals surface area contributed by atoms with Gasteiger partial charge in [0.25, 0.3) is 5.56 Å². The molecule has 0 aliphatic carbocycles. The zero-order valence-electron chi connectivity index (χ0n) is 14.1. The predicted molar refractivity (Wildman–Crippen MR) is 93.2 cm³/mol. The van der Waals surface area contributed by atoms with Crippen molar-refractivity contribution in [1.82, 2.24) is 24.5 Å². The summed E-state index contributed by atoms with van der Waals surface area (Å²) >= 11 is 6.78. The van der Waals surface area contributed by atoms with E-state index in [9.17, 15) is 22.8 Å². The molecule has 0 aliphatic heterocycles. The Morgan fingerprint density at radius 1 is 1.37 bits per heavy atom. The van der Waals surface area contributed by atoms with E-state index in [1.54, 1.807) is 6.92 Å². The van der Waals surface area contributed by atoms with Crippen LogP contribution in [0.15, 0.2) is 16.9 Å². The molecule has 0 fully saturated rings. The Bertz CT molecular complexity index is 1090. The third-order valence-electron chi connectivity index (χ3n) is 3.82. The van der Waals surface area contributed by atoms with Crippen LogP contribution in [0.4, 0.5) is 13.2 Å². The number of likely N-dealkylation sites (N-methyl/N-ethyl adjacent to an activating group) is 1. The van der Waals surface area contributed by atoms with Crippen LogP contribution >= 0.6 is 22.9 Å². The number of nitrogens with zero attached hydrogens (tertiary/aromatic N) is 4. The van der Waals surface area contributed by atoms with Gasteiger partial charge in [0.2, 0.25) is 5.91 Å². The second-order valence-corrected chi connectivity index (χ2v) is 7.24. The molecule has 0 spiro atoms. The van der Waals surface area contributed by atoms with E-state index in [0.717, 1.165) is 10.9 Å². The molecular formula is C15H13ClF3N5O2S. The van der Waals surface area contributed by atoms with Gasteiger partial charge in [-0.2, -0.15) is 18.3 Å². The van der Waals surface area contributed by atoms with Crippen molar-refractivity contribution in [3.05, 3.63) is 49.6 Å². The normalized spacial score (nSPS) is 11.9. The smallest absolute Gasteiger partial charge is 0.359 e. The van der Waals surface area contributed by atoms with E-state index in [2.05, 4.69) is 15.4 Å². The predicted octanol–water partition coefficient (Wildman–Crippen LogP) is 2.27. The van der Waals surface area contributed by atoms with Crippen LogP contribution in [0.1, 0.15) is 22.0 Å². The summed E-state index contributed by atoms with van der Waals surface area (Å²) in [6.07, 6.45) is -4.64. The number of amides is 1. The number of fused-ring (bicyclic) bond motifs is 1. The number of halogens is 4. The summed E-state index contributed by atoms with van der Waals surface area (Å²) in [7, 11) is 1.48. The lowest BCUT2D eigenvalue weighted by Crippen LogP contribution is -2.24. The van der Waals surface area contributed by atoms with Gasteiger partial charge < -0.3 is 5.32 Å². The molecule has 3 rings (SSSR count). The van der Waals surface area contributed by atoms with Crippen LogP contribution in [-0.2, 0) is 23.9 Å². The molecule has 0 bridgehead atoms. The SMILES string of the molecule is CNC(=O)Cc1c(C)sc2nc(Cn3nc(Cl)cc3C(F)(F)F)cc(=O)n12. The first kappa shape index (κ1) is 19.4. The van der Waals surface area contributed by atoms with Gasteiger partial charge in [-0.15, -0.1) is 11.3 Å². The summed E-state index contributed by atoms with van der Waals surface area (Å²) in [5.74, 6) is -0.269. The maximum absolute atomic E-state index is 13.1. The molecule has 7 nitrogen and oxygen atoms in total. The zero-order chi connectivity index (χ0) is 19.9. The lowest BCUT2D eigenvalue weighted by atomic mass is 10.2. The molecule has 0 unspecified atom stereocenters. The minimum atomic E-state index is -4.64. The van der Waals surface area contributed by atoms with Crippen LogP contribution in [0.25, 0.3) is 4.96 Å². The van der Waals surface area contributed by atoms with Gasteiger partial charge in [-0.25, -0.2) is 4.98 Å². The Morgan fingerprint density at radius 2 is 2.07 bits per heavy atom. The third kappa shape index (κ3) is 3.83. The summed E-state index contributed by atoms with van der Waals surface area (Å²) in [6, 6.07) is 1.84. The van der Waals surface area contributed by atoms with Gasteiger partial charge in [-0.1, -0.05) is 11.6 Å². The number of aryl methyl sites for hydroxylation is 1. The fourth-order valence-corrected chi connectivity index (χ4v) is 3.79. The monoisotopic (exact) mass is 419 g/mol. The molecule has 27 heavy (non-hydrogen) atoms. The number of carbonyl (C=O) groups excluding carboxylic acids is 1. The molecule has 1 N–H and O–H groups in total. The van der Waals surface area contributed by atoms with Crippen molar-refractivity contribution >= 4 is 33.8 Å². The average Bonchev–Trinajstić information content (AvgIpc) is 3.07. The highest BCUT2D eigenvalue weighted by atomic mass is 35.5. The van der Waals surface area contributed by atoms with Crippen molar-refractivity contribution in [3.63, 3.8) is 0 Å².